The molecule has 1 saturated carbocycles. The molecule has 0 heterocycles. The average Bonchev–Trinajstić information content (AvgIpc) is 3.14. The molecule has 0 atom stereocenters. The van der Waals surface area contributed by atoms with Crippen LogP contribution in [0.4, 0.5) is 0 Å². The van der Waals surface area contributed by atoms with E-state index >= 15 is 0 Å². The highest BCUT2D eigenvalue weighted by Gasteiger charge is 2.29. The number of aromatic hydroxyl groups is 1. The average molecular weight is 261 g/mol. The zero-order chi connectivity index (χ0) is 14.0. The van der Waals surface area contributed by atoms with Crippen LogP contribution in [0.1, 0.15) is 49.5 Å². The van der Waals surface area contributed by atoms with Crippen LogP contribution in [0.25, 0.3) is 0 Å². The van der Waals surface area contributed by atoms with Gasteiger partial charge >= 0.3 is 0 Å². The van der Waals surface area contributed by atoms with Gasteiger partial charge in [0.2, 0.25) is 0 Å². The van der Waals surface area contributed by atoms with Crippen molar-refractivity contribution in [2.45, 2.75) is 46.2 Å². The first-order valence-electron chi connectivity index (χ1n) is 7.04. The first kappa shape index (κ1) is 14.1. The number of carbonyl (C=O) groups excluding carboxylic acids is 1. The molecule has 0 aliphatic heterocycles. The molecule has 3 heteroatoms. The van der Waals surface area contributed by atoms with E-state index in [-0.39, 0.29) is 5.78 Å². The highest BCUT2D eigenvalue weighted by molar-refractivity contribution is 5.94. The fraction of sp³-hybridized carbons (Fsp3) is 0.562. The highest BCUT2D eigenvalue weighted by Crippen LogP contribution is 2.31. The number of hydrogen-bond acceptors (Lipinski definition) is 3. The maximum atomic E-state index is 11.4. The minimum absolute atomic E-state index is 0.0445. The Hall–Kier alpha value is -1.35. The number of Topliss-reactive ketones (excluding diaryl/α,β-unsaturated/α-hetero) is 1. The van der Waals surface area contributed by atoms with E-state index < -0.39 is 0 Å². The van der Waals surface area contributed by atoms with Crippen LogP contribution in [0.5, 0.6) is 5.75 Å². The molecule has 0 aromatic heterocycles. The topological polar surface area (TPSA) is 40.5 Å². The van der Waals surface area contributed by atoms with E-state index in [0.29, 0.717) is 23.3 Å². The van der Waals surface area contributed by atoms with Crippen molar-refractivity contribution in [2.75, 3.05) is 6.54 Å². The molecule has 1 fully saturated rings. The van der Waals surface area contributed by atoms with Crippen LogP contribution in [0, 0.1) is 5.92 Å². The lowest BCUT2D eigenvalue weighted by molar-refractivity contribution is 0.101. The van der Waals surface area contributed by atoms with Crippen LogP contribution in [0.15, 0.2) is 18.2 Å². The second-order valence-electron chi connectivity index (χ2n) is 5.95. The number of phenolic OH excluding ortho intramolecular Hbond substituents is 1. The molecule has 2 rings (SSSR count). The van der Waals surface area contributed by atoms with Crippen LogP contribution < -0.4 is 0 Å². The third-order valence-electron chi connectivity index (χ3n) is 3.52. The van der Waals surface area contributed by atoms with Gasteiger partial charge in [-0.3, -0.25) is 9.69 Å². The van der Waals surface area contributed by atoms with E-state index in [4.69, 9.17) is 0 Å². The van der Waals surface area contributed by atoms with Crippen LogP contribution in [0.2, 0.25) is 0 Å². The fourth-order valence-corrected chi connectivity index (χ4v) is 2.40. The monoisotopic (exact) mass is 261 g/mol. The van der Waals surface area contributed by atoms with E-state index in [0.717, 1.165) is 18.7 Å². The molecular formula is C16H23NO2. The summed E-state index contributed by atoms with van der Waals surface area (Å²) in [6.45, 7) is 7.75. The van der Waals surface area contributed by atoms with Crippen LogP contribution in [-0.2, 0) is 6.54 Å². The molecule has 3 nitrogen and oxygen atoms in total. The molecule has 1 aliphatic rings. The molecule has 0 unspecified atom stereocenters. The number of nitrogens with zero attached hydrogens (tertiary/aromatic N) is 1. The van der Waals surface area contributed by atoms with Gasteiger partial charge in [0.1, 0.15) is 5.75 Å². The third-order valence-corrected chi connectivity index (χ3v) is 3.52. The Morgan fingerprint density at radius 1 is 1.42 bits per heavy atom. The van der Waals surface area contributed by atoms with Gasteiger partial charge in [-0.15, -0.1) is 0 Å². The molecule has 0 spiro atoms. The number of ketones is 1. The van der Waals surface area contributed by atoms with Crippen molar-refractivity contribution in [3.05, 3.63) is 29.3 Å². The summed E-state index contributed by atoms with van der Waals surface area (Å²) in [4.78, 5) is 13.8. The molecule has 0 amide bonds. The zero-order valence-electron chi connectivity index (χ0n) is 12.0. The van der Waals surface area contributed by atoms with Gasteiger partial charge in [-0.25, -0.2) is 0 Å². The summed E-state index contributed by atoms with van der Waals surface area (Å²) in [5.74, 6) is 0.946. The number of phenols is 1. The molecule has 1 N–H and O–H groups in total. The second-order valence-corrected chi connectivity index (χ2v) is 5.95. The van der Waals surface area contributed by atoms with Crippen molar-refractivity contribution in [2.24, 2.45) is 5.92 Å². The Bertz CT molecular complexity index is 464. The SMILES string of the molecule is CC(=O)c1ccc(O)c(CN(CC(C)C)C2CC2)c1. The first-order chi connectivity index (χ1) is 8.97. The largest absolute Gasteiger partial charge is 0.508 e. The minimum atomic E-state index is 0.0445. The lowest BCUT2D eigenvalue weighted by Crippen LogP contribution is -2.29. The van der Waals surface area contributed by atoms with Gasteiger partial charge in [0, 0.05) is 30.3 Å². The molecule has 19 heavy (non-hydrogen) atoms. The van der Waals surface area contributed by atoms with Gasteiger partial charge in [0.05, 0.1) is 0 Å². The Balaban J connectivity index is 2.15. The summed E-state index contributed by atoms with van der Waals surface area (Å²) in [5.41, 5.74) is 1.54. The maximum Gasteiger partial charge on any atom is 0.159 e. The Labute approximate surface area is 115 Å². The quantitative estimate of drug-likeness (QED) is 0.799. The van der Waals surface area contributed by atoms with Crippen LogP contribution >= 0.6 is 0 Å². The summed E-state index contributed by atoms with van der Waals surface area (Å²) >= 11 is 0. The van der Waals surface area contributed by atoms with Gasteiger partial charge < -0.3 is 5.11 Å². The number of rotatable bonds is 6. The van der Waals surface area contributed by atoms with Crippen molar-refractivity contribution in [3.8, 4) is 5.75 Å². The predicted molar refractivity (Wildman–Crippen MR) is 76.4 cm³/mol. The Kier molecular flexibility index (Phi) is 4.25. The predicted octanol–water partition coefficient (Wildman–Crippen LogP) is 3.22. The number of hydrogen-bond donors (Lipinski definition) is 1. The molecule has 1 aliphatic carbocycles. The number of benzene rings is 1. The van der Waals surface area contributed by atoms with E-state index in [1.54, 1.807) is 19.1 Å². The molecule has 0 radical (unpaired) electrons. The molecule has 1 aromatic carbocycles. The van der Waals surface area contributed by atoms with E-state index in [1.165, 1.54) is 12.8 Å². The smallest absolute Gasteiger partial charge is 0.159 e. The minimum Gasteiger partial charge on any atom is -0.508 e. The standard InChI is InChI=1S/C16H23NO2/c1-11(2)9-17(15-5-6-15)10-14-8-13(12(3)18)4-7-16(14)19/h4,7-8,11,15,19H,5-6,9-10H2,1-3H3. The summed E-state index contributed by atoms with van der Waals surface area (Å²) in [6, 6.07) is 5.80. The number of carbonyl (C=O) groups is 1. The lowest BCUT2D eigenvalue weighted by Gasteiger charge is -2.24. The van der Waals surface area contributed by atoms with Crippen molar-refractivity contribution in [3.63, 3.8) is 0 Å². The molecule has 0 saturated heterocycles. The molecule has 0 bridgehead atoms. The normalized spacial score (nSPS) is 15.2. The Morgan fingerprint density at radius 3 is 2.63 bits per heavy atom. The summed E-state index contributed by atoms with van der Waals surface area (Å²) in [7, 11) is 0. The first-order valence-corrected chi connectivity index (χ1v) is 7.04. The molecule has 104 valence electrons. The summed E-state index contributed by atoms with van der Waals surface area (Å²) in [5, 5.41) is 9.96. The van der Waals surface area contributed by atoms with E-state index in [1.807, 2.05) is 6.07 Å². The second kappa shape index (κ2) is 5.74. The summed E-state index contributed by atoms with van der Waals surface area (Å²) in [6.07, 6.45) is 2.50. The van der Waals surface area contributed by atoms with Gasteiger partial charge in [-0.05, 0) is 43.9 Å². The zero-order valence-corrected chi connectivity index (χ0v) is 12.0. The third kappa shape index (κ3) is 3.80. The fourth-order valence-electron chi connectivity index (χ4n) is 2.40. The van der Waals surface area contributed by atoms with E-state index in [2.05, 4.69) is 18.7 Å². The van der Waals surface area contributed by atoms with Crippen LogP contribution in [0.3, 0.4) is 0 Å². The van der Waals surface area contributed by atoms with Crippen molar-refractivity contribution in [1.29, 1.82) is 0 Å². The van der Waals surface area contributed by atoms with Gasteiger partial charge in [0.15, 0.2) is 5.78 Å². The van der Waals surface area contributed by atoms with Gasteiger partial charge in [-0.2, -0.15) is 0 Å². The van der Waals surface area contributed by atoms with Crippen molar-refractivity contribution in [1.82, 2.24) is 4.90 Å². The lowest BCUT2D eigenvalue weighted by atomic mass is 10.1. The molecular weight excluding hydrogens is 238 g/mol. The van der Waals surface area contributed by atoms with Gasteiger partial charge in [0.25, 0.3) is 0 Å². The summed E-state index contributed by atoms with van der Waals surface area (Å²) < 4.78 is 0. The maximum absolute atomic E-state index is 11.4. The van der Waals surface area contributed by atoms with Gasteiger partial charge in [-0.1, -0.05) is 13.8 Å². The van der Waals surface area contributed by atoms with E-state index in [9.17, 15) is 9.90 Å². The highest BCUT2D eigenvalue weighted by atomic mass is 16.3. The Morgan fingerprint density at radius 2 is 2.11 bits per heavy atom. The van der Waals surface area contributed by atoms with Crippen molar-refractivity contribution < 1.29 is 9.90 Å². The van der Waals surface area contributed by atoms with Crippen molar-refractivity contribution >= 4 is 5.78 Å². The molecule has 1 aromatic rings. The van der Waals surface area contributed by atoms with Crippen LogP contribution in [-0.4, -0.2) is 28.4 Å².